The molecule has 0 atom stereocenters. The highest BCUT2D eigenvalue weighted by Crippen LogP contribution is 2.32. The van der Waals surface area contributed by atoms with Crippen LogP contribution in [0.4, 0.5) is 5.82 Å². The van der Waals surface area contributed by atoms with Gasteiger partial charge in [0.1, 0.15) is 5.82 Å². The predicted molar refractivity (Wildman–Crippen MR) is 117 cm³/mol. The van der Waals surface area contributed by atoms with Gasteiger partial charge >= 0.3 is 0 Å². The Morgan fingerprint density at radius 1 is 1.06 bits per heavy atom. The number of rotatable bonds is 6. The number of sulfonamides is 1. The van der Waals surface area contributed by atoms with Crippen LogP contribution in [0.3, 0.4) is 0 Å². The third-order valence-corrected chi connectivity index (χ3v) is 7.67. The first-order chi connectivity index (χ1) is 14.9. The van der Waals surface area contributed by atoms with Crippen molar-refractivity contribution < 1.29 is 18.0 Å². The first-order valence-corrected chi connectivity index (χ1v) is 11.7. The van der Waals surface area contributed by atoms with E-state index < -0.39 is 15.9 Å². The molecule has 9 nitrogen and oxygen atoms in total. The van der Waals surface area contributed by atoms with Gasteiger partial charge in [-0.3, -0.25) is 9.59 Å². The summed E-state index contributed by atoms with van der Waals surface area (Å²) in [5.74, 6) is 0.151. The lowest BCUT2D eigenvalue weighted by Crippen LogP contribution is -2.52. The molecule has 2 saturated heterocycles. The summed E-state index contributed by atoms with van der Waals surface area (Å²) in [4.78, 5) is 31.9. The molecule has 0 aliphatic carbocycles. The van der Waals surface area contributed by atoms with Gasteiger partial charge in [0.2, 0.25) is 21.8 Å². The van der Waals surface area contributed by atoms with Crippen LogP contribution in [-0.2, 0) is 19.6 Å². The number of nitrogens with zero attached hydrogens (tertiary/aromatic N) is 4. The molecule has 10 heteroatoms. The van der Waals surface area contributed by atoms with Crippen molar-refractivity contribution in [2.24, 2.45) is 0 Å². The van der Waals surface area contributed by atoms with E-state index in [1.165, 1.54) is 4.31 Å². The molecule has 2 aliphatic heterocycles. The molecule has 2 fully saturated rings. The van der Waals surface area contributed by atoms with E-state index in [2.05, 4.69) is 21.8 Å². The standard InChI is InChI=1S/C21H25N5O4S/c1-2-19(27)23-15-20(28)24-11-13-26(14-12-24)31(29,30)18-6-3-5-17-16(18)7-8-22-21(17)25-9-4-10-25/h2-3,5-8H,1,4,9-15H2,(H,23,27). The van der Waals surface area contributed by atoms with Crippen LogP contribution in [-0.4, -0.2) is 80.2 Å². The number of carbonyl (C=O) groups is 2. The molecule has 3 heterocycles. The van der Waals surface area contributed by atoms with E-state index in [9.17, 15) is 18.0 Å². The molecule has 1 aromatic carbocycles. The second kappa shape index (κ2) is 8.64. The average Bonchev–Trinajstić information content (AvgIpc) is 2.76. The lowest BCUT2D eigenvalue weighted by atomic mass is 10.1. The summed E-state index contributed by atoms with van der Waals surface area (Å²) in [7, 11) is -3.73. The molecular formula is C21H25N5O4S. The molecule has 0 saturated carbocycles. The van der Waals surface area contributed by atoms with Crippen molar-refractivity contribution in [3.05, 3.63) is 43.1 Å². The molecule has 0 spiro atoms. The van der Waals surface area contributed by atoms with Gasteiger partial charge in [0.25, 0.3) is 0 Å². The van der Waals surface area contributed by atoms with E-state index in [-0.39, 0.29) is 43.5 Å². The topological polar surface area (TPSA) is 103 Å². The van der Waals surface area contributed by atoms with Crippen molar-refractivity contribution in [1.82, 2.24) is 19.5 Å². The highest BCUT2D eigenvalue weighted by molar-refractivity contribution is 7.89. The number of benzene rings is 1. The van der Waals surface area contributed by atoms with Crippen LogP contribution in [0.15, 0.2) is 48.0 Å². The third-order valence-electron chi connectivity index (χ3n) is 5.71. The molecule has 2 aliphatic rings. The van der Waals surface area contributed by atoms with Crippen molar-refractivity contribution in [2.75, 3.05) is 50.7 Å². The molecule has 0 radical (unpaired) electrons. The Labute approximate surface area is 181 Å². The van der Waals surface area contributed by atoms with Crippen LogP contribution in [0.5, 0.6) is 0 Å². The van der Waals surface area contributed by atoms with Crippen LogP contribution >= 0.6 is 0 Å². The Morgan fingerprint density at radius 2 is 1.81 bits per heavy atom. The minimum atomic E-state index is -3.73. The normalized spacial score (nSPS) is 17.3. The van der Waals surface area contributed by atoms with Gasteiger partial charge < -0.3 is 15.1 Å². The lowest BCUT2D eigenvalue weighted by molar-refractivity contribution is -0.133. The molecule has 2 aromatic rings. The number of amides is 2. The Bertz CT molecular complexity index is 1120. The summed E-state index contributed by atoms with van der Waals surface area (Å²) >= 11 is 0. The Hall–Kier alpha value is -2.98. The van der Waals surface area contributed by atoms with Crippen LogP contribution < -0.4 is 10.2 Å². The van der Waals surface area contributed by atoms with E-state index in [1.807, 2.05) is 6.07 Å². The monoisotopic (exact) mass is 443 g/mol. The van der Waals surface area contributed by atoms with Gasteiger partial charge in [-0.1, -0.05) is 18.7 Å². The minimum absolute atomic E-state index is 0.132. The van der Waals surface area contributed by atoms with E-state index in [1.54, 1.807) is 29.3 Å². The maximum atomic E-state index is 13.4. The predicted octanol–water partition coefficient (Wildman–Crippen LogP) is 0.580. The smallest absolute Gasteiger partial charge is 0.243 e. The van der Waals surface area contributed by atoms with Crippen LogP contribution in [0.1, 0.15) is 6.42 Å². The number of carbonyl (C=O) groups excluding carboxylic acids is 2. The fourth-order valence-corrected chi connectivity index (χ4v) is 5.46. The Morgan fingerprint density at radius 3 is 2.45 bits per heavy atom. The first kappa shape index (κ1) is 21.3. The van der Waals surface area contributed by atoms with Gasteiger partial charge in [0.05, 0.1) is 11.4 Å². The minimum Gasteiger partial charge on any atom is -0.356 e. The number of piperazine rings is 1. The van der Waals surface area contributed by atoms with Crippen molar-refractivity contribution in [1.29, 1.82) is 0 Å². The van der Waals surface area contributed by atoms with Crippen molar-refractivity contribution in [3.63, 3.8) is 0 Å². The fraction of sp³-hybridized carbons (Fsp3) is 0.381. The van der Waals surface area contributed by atoms with Gasteiger partial charge in [-0.25, -0.2) is 13.4 Å². The maximum absolute atomic E-state index is 13.4. The molecule has 1 N–H and O–H groups in total. The second-order valence-electron chi connectivity index (χ2n) is 7.53. The van der Waals surface area contributed by atoms with Crippen LogP contribution in [0.25, 0.3) is 10.8 Å². The number of anilines is 1. The molecule has 164 valence electrons. The quantitative estimate of drug-likeness (QED) is 0.655. The summed E-state index contributed by atoms with van der Waals surface area (Å²) < 4.78 is 28.2. The third kappa shape index (κ3) is 4.13. The van der Waals surface area contributed by atoms with Crippen LogP contribution in [0, 0.1) is 0 Å². The fourth-order valence-electron chi connectivity index (χ4n) is 3.83. The largest absolute Gasteiger partial charge is 0.356 e. The molecule has 0 bridgehead atoms. The molecule has 31 heavy (non-hydrogen) atoms. The van der Waals surface area contributed by atoms with E-state index >= 15 is 0 Å². The lowest BCUT2D eigenvalue weighted by Gasteiger charge is -2.34. The zero-order chi connectivity index (χ0) is 22.0. The van der Waals surface area contributed by atoms with Gasteiger partial charge in [0.15, 0.2) is 0 Å². The SMILES string of the molecule is C=CC(=O)NCC(=O)N1CCN(S(=O)(=O)c2cccc3c(N4CCC4)nccc23)CC1. The molecule has 2 amide bonds. The second-order valence-corrected chi connectivity index (χ2v) is 9.44. The van der Waals surface area contributed by atoms with Crippen LogP contribution in [0.2, 0.25) is 0 Å². The molecule has 1 aromatic heterocycles. The number of aromatic nitrogens is 1. The molecule has 0 unspecified atom stereocenters. The summed E-state index contributed by atoms with van der Waals surface area (Å²) in [6.45, 7) is 6.00. The molecular weight excluding hydrogens is 418 g/mol. The molecule has 4 rings (SSSR count). The number of hydrogen-bond acceptors (Lipinski definition) is 6. The number of nitrogens with one attached hydrogen (secondary N) is 1. The van der Waals surface area contributed by atoms with E-state index in [0.717, 1.165) is 36.8 Å². The zero-order valence-electron chi connectivity index (χ0n) is 17.2. The summed E-state index contributed by atoms with van der Waals surface area (Å²) in [5.41, 5.74) is 0. The summed E-state index contributed by atoms with van der Waals surface area (Å²) in [6.07, 6.45) is 3.87. The summed E-state index contributed by atoms with van der Waals surface area (Å²) in [6, 6.07) is 7.03. The van der Waals surface area contributed by atoms with Gasteiger partial charge in [-0.2, -0.15) is 4.31 Å². The number of pyridine rings is 1. The van der Waals surface area contributed by atoms with Crippen molar-refractivity contribution in [2.45, 2.75) is 11.3 Å². The van der Waals surface area contributed by atoms with Crippen molar-refractivity contribution >= 4 is 38.4 Å². The highest BCUT2D eigenvalue weighted by Gasteiger charge is 2.31. The average molecular weight is 444 g/mol. The van der Waals surface area contributed by atoms with E-state index in [4.69, 9.17) is 0 Å². The van der Waals surface area contributed by atoms with Gasteiger partial charge in [0, 0.05) is 56.2 Å². The first-order valence-electron chi connectivity index (χ1n) is 10.2. The number of hydrogen-bond donors (Lipinski definition) is 1. The zero-order valence-corrected chi connectivity index (χ0v) is 18.0. The van der Waals surface area contributed by atoms with Gasteiger partial charge in [-0.05, 0) is 24.6 Å². The van der Waals surface area contributed by atoms with Gasteiger partial charge in [-0.15, -0.1) is 0 Å². The van der Waals surface area contributed by atoms with E-state index in [0.29, 0.717) is 5.39 Å². The maximum Gasteiger partial charge on any atom is 0.243 e. The Balaban J connectivity index is 1.51. The van der Waals surface area contributed by atoms with Crippen molar-refractivity contribution in [3.8, 4) is 0 Å². The number of fused-ring (bicyclic) bond motifs is 1. The highest BCUT2D eigenvalue weighted by atomic mass is 32.2. The Kier molecular flexibility index (Phi) is 5.92. The summed E-state index contributed by atoms with van der Waals surface area (Å²) in [5, 5.41) is 3.94.